The van der Waals surface area contributed by atoms with Gasteiger partial charge in [-0.15, -0.1) is 0 Å². The Morgan fingerprint density at radius 2 is 1.77 bits per heavy atom. The Balaban J connectivity index is 2.04. The first-order chi connectivity index (χ1) is 12.5. The van der Waals surface area contributed by atoms with Crippen molar-refractivity contribution in [3.05, 3.63) is 53.1 Å². The second kappa shape index (κ2) is 9.10. The summed E-state index contributed by atoms with van der Waals surface area (Å²) in [7, 11) is 3.09. The van der Waals surface area contributed by atoms with Crippen LogP contribution in [0.3, 0.4) is 0 Å². The monoisotopic (exact) mass is 376 g/mol. The molecule has 0 spiro atoms. The Bertz CT molecular complexity index is 778. The molecule has 0 atom stereocenters. The third kappa shape index (κ3) is 4.89. The van der Waals surface area contributed by atoms with Crippen LogP contribution in [-0.2, 0) is 4.79 Å². The molecule has 0 bridgehead atoms. The van der Waals surface area contributed by atoms with Crippen LogP contribution < -0.4 is 19.7 Å². The van der Waals surface area contributed by atoms with Crippen LogP contribution >= 0.6 is 11.6 Å². The predicted octanol–water partition coefficient (Wildman–Crippen LogP) is 3.14. The molecule has 6 nitrogen and oxygen atoms in total. The Morgan fingerprint density at radius 3 is 2.35 bits per heavy atom. The number of amides is 2. The highest BCUT2D eigenvalue weighted by molar-refractivity contribution is 6.31. The summed E-state index contributed by atoms with van der Waals surface area (Å²) in [5.74, 6) is 0.807. The summed E-state index contributed by atoms with van der Waals surface area (Å²) >= 11 is 6.04. The zero-order valence-electron chi connectivity index (χ0n) is 14.9. The summed E-state index contributed by atoms with van der Waals surface area (Å²) in [5.41, 5.74) is 1.08. The van der Waals surface area contributed by atoms with Crippen molar-refractivity contribution in [2.24, 2.45) is 0 Å². The van der Waals surface area contributed by atoms with Gasteiger partial charge in [0.15, 0.2) is 0 Å². The lowest BCUT2D eigenvalue weighted by Crippen LogP contribution is -2.37. The van der Waals surface area contributed by atoms with E-state index >= 15 is 0 Å². The number of halogens is 1. The van der Waals surface area contributed by atoms with Gasteiger partial charge in [0, 0.05) is 30.6 Å². The predicted molar refractivity (Wildman–Crippen MR) is 101 cm³/mol. The first-order valence-corrected chi connectivity index (χ1v) is 8.38. The lowest BCUT2D eigenvalue weighted by molar-refractivity contribution is -0.116. The van der Waals surface area contributed by atoms with E-state index in [1.165, 1.54) is 18.9 Å². The van der Waals surface area contributed by atoms with Crippen LogP contribution in [0.1, 0.15) is 17.3 Å². The average molecular weight is 377 g/mol. The molecule has 0 saturated heterocycles. The van der Waals surface area contributed by atoms with Crippen molar-refractivity contribution in [3.63, 3.8) is 0 Å². The number of methoxy groups -OCH3 is 2. The average Bonchev–Trinajstić information content (AvgIpc) is 2.64. The van der Waals surface area contributed by atoms with Gasteiger partial charge in [-0.3, -0.25) is 9.59 Å². The molecule has 1 N–H and O–H groups in total. The van der Waals surface area contributed by atoms with Crippen molar-refractivity contribution in [2.75, 3.05) is 32.2 Å². The second-order valence-corrected chi connectivity index (χ2v) is 5.91. The first-order valence-electron chi connectivity index (χ1n) is 8.00. The van der Waals surface area contributed by atoms with Gasteiger partial charge in [0.05, 0.1) is 19.9 Å². The largest absolute Gasteiger partial charge is 0.497 e. The number of ether oxygens (including phenoxy) is 2. The molecular formula is C19H21ClN2O4. The van der Waals surface area contributed by atoms with E-state index in [2.05, 4.69) is 5.32 Å². The van der Waals surface area contributed by atoms with E-state index in [9.17, 15) is 9.59 Å². The van der Waals surface area contributed by atoms with E-state index in [-0.39, 0.29) is 24.9 Å². The van der Waals surface area contributed by atoms with Crippen molar-refractivity contribution < 1.29 is 19.1 Å². The fourth-order valence-corrected chi connectivity index (χ4v) is 2.61. The van der Waals surface area contributed by atoms with Gasteiger partial charge in [0.2, 0.25) is 5.91 Å². The summed E-state index contributed by atoms with van der Waals surface area (Å²) in [6.45, 7) is 2.01. The van der Waals surface area contributed by atoms with Crippen molar-refractivity contribution in [1.82, 2.24) is 5.32 Å². The SMILES string of the molecule is COc1ccc(C(=O)NCCN(C(C)=O)c2cc(Cl)ccc2OC)cc1. The van der Waals surface area contributed by atoms with Crippen molar-refractivity contribution >= 4 is 29.1 Å². The van der Waals surface area contributed by atoms with Gasteiger partial charge in [-0.1, -0.05) is 11.6 Å². The Morgan fingerprint density at radius 1 is 1.08 bits per heavy atom. The van der Waals surface area contributed by atoms with E-state index in [1.54, 1.807) is 49.6 Å². The van der Waals surface area contributed by atoms with Crippen LogP contribution in [0.2, 0.25) is 5.02 Å². The van der Waals surface area contributed by atoms with Crippen molar-refractivity contribution in [3.8, 4) is 11.5 Å². The second-order valence-electron chi connectivity index (χ2n) is 5.47. The number of carbonyl (C=O) groups is 2. The van der Waals surface area contributed by atoms with Gasteiger partial charge in [0.25, 0.3) is 5.91 Å². The molecule has 0 aliphatic rings. The highest BCUT2D eigenvalue weighted by Gasteiger charge is 2.17. The summed E-state index contributed by atoms with van der Waals surface area (Å²) in [5, 5.41) is 3.29. The van der Waals surface area contributed by atoms with Gasteiger partial charge < -0.3 is 19.7 Å². The maximum absolute atomic E-state index is 12.2. The van der Waals surface area contributed by atoms with Crippen LogP contribution in [0.25, 0.3) is 0 Å². The Hall–Kier alpha value is -2.73. The molecule has 0 radical (unpaired) electrons. The highest BCUT2D eigenvalue weighted by Crippen LogP contribution is 2.31. The van der Waals surface area contributed by atoms with Gasteiger partial charge in [-0.25, -0.2) is 0 Å². The number of carbonyl (C=O) groups excluding carboxylic acids is 2. The molecule has 0 heterocycles. The number of rotatable bonds is 7. The molecule has 26 heavy (non-hydrogen) atoms. The summed E-state index contributed by atoms with van der Waals surface area (Å²) < 4.78 is 10.4. The molecule has 0 aliphatic carbocycles. The van der Waals surface area contributed by atoms with Crippen molar-refractivity contribution in [1.29, 1.82) is 0 Å². The third-order valence-corrected chi connectivity index (χ3v) is 4.02. The maximum Gasteiger partial charge on any atom is 0.251 e. The number of hydrogen-bond donors (Lipinski definition) is 1. The lowest BCUT2D eigenvalue weighted by atomic mass is 10.2. The third-order valence-electron chi connectivity index (χ3n) is 3.78. The number of nitrogens with one attached hydrogen (secondary N) is 1. The van der Waals surface area contributed by atoms with Crippen LogP contribution in [0.15, 0.2) is 42.5 Å². The van der Waals surface area contributed by atoms with E-state index < -0.39 is 0 Å². The maximum atomic E-state index is 12.2. The molecule has 0 aromatic heterocycles. The van der Waals surface area contributed by atoms with Gasteiger partial charge in [-0.05, 0) is 42.5 Å². The van der Waals surface area contributed by atoms with Crippen molar-refractivity contribution in [2.45, 2.75) is 6.92 Å². The zero-order chi connectivity index (χ0) is 19.1. The quantitative estimate of drug-likeness (QED) is 0.806. The molecule has 0 fully saturated rings. The molecular weight excluding hydrogens is 356 g/mol. The fraction of sp³-hybridized carbons (Fsp3) is 0.263. The number of hydrogen-bond acceptors (Lipinski definition) is 4. The number of nitrogens with zero attached hydrogens (tertiary/aromatic N) is 1. The van der Waals surface area contributed by atoms with Crippen LogP contribution in [-0.4, -0.2) is 39.1 Å². The zero-order valence-corrected chi connectivity index (χ0v) is 15.7. The molecule has 2 rings (SSSR count). The molecule has 0 saturated carbocycles. The van der Waals surface area contributed by atoms with Gasteiger partial charge >= 0.3 is 0 Å². The van der Waals surface area contributed by atoms with E-state index in [0.717, 1.165) is 0 Å². The standard InChI is InChI=1S/C19H21ClN2O4/c1-13(23)22(17-12-15(20)6-9-18(17)26-3)11-10-21-19(24)14-4-7-16(25-2)8-5-14/h4-9,12H,10-11H2,1-3H3,(H,21,24). The van der Waals surface area contributed by atoms with Gasteiger partial charge in [0.1, 0.15) is 11.5 Å². The molecule has 0 aliphatic heterocycles. The van der Waals surface area contributed by atoms with Crippen LogP contribution in [0, 0.1) is 0 Å². The summed E-state index contributed by atoms with van der Waals surface area (Å²) in [4.78, 5) is 25.8. The smallest absolute Gasteiger partial charge is 0.251 e. The number of anilines is 1. The lowest BCUT2D eigenvalue weighted by Gasteiger charge is -2.23. The first kappa shape index (κ1) is 19.6. The Labute approximate surface area is 157 Å². The highest BCUT2D eigenvalue weighted by atomic mass is 35.5. The molecule has 0 unspecified atom stereocenters. The molecule has 2 aromatic rings. The molecule has 7 heteroatoms. The minimum Gasteiger partial charge on any atom is -0.497 e. The minimum absolute atomic E-state index is 0.177. The molecule has 138 valence electrons. The summed E-state index contributed by atoms with van der Waals surface area (Å²) in [6.07, 6.45) is 0. The fourth-order valence-electron chi connectivity index (χ4n) is 2.45. The van der Waals surface area contributed by atoms with Crippen LogP contribution in [0.4, 0.5) is 5.69 Å². The van der Waals surface area contributed by atoms with E-state index in [1.807, 2.05) is 0 Å². The topological polar surface area (TPSA) is 67.9 Å². The van der Waals surface area contributed by atoms with Crippen LogP contribution in [0.5, 0.6) is 11.5 Å². The Kier molecular flexibility index (Phi) is 6.86. The van der Waals surface area contributed by atoms with E-state index in [0.29, 0.717) is 27.8 Å². The van der Waals surface area contributed by atoms with Gasteiger partial charge in [-0.2, -0.15) is 0 Å². The normalized spacial score (nSPS) is 10.2. The molecule has 2 amide bonds. The summed E-state index contributed by atoms with van der Waals surface area (Å²) in [6, 6.07) is 11.8. The van der Waals surface area contributed by atoms with E-state index in [4.69, 9.17) is 21.1 Å². The minimum atomic E-state index is -0.228. The molecule has 2 aromatic carbocycles. The number of benzene rings is 2.